The normalized spacial score (nSPS) is 13.6. The van der Waals surface area contributed by atoms with Crippen LogP contribution in [-0.4, -0.2) is 21.6 Å². The third-order valence-corrected chi connectivity index (χ3v) is 10.0. The zero-order chi connectivity index (χ0) is 35.9. The van der Waals surface area contributed by atoms with Gasteiger partial charge in [0, 0.05) is 56.5 Å². The lowest BCUT2D eigenvalue weighted by molar-refractivity contribution is -0.0697. The third-order valence-electron chi connectivity index (χ3n) is 10.0. The summed E-state index contributed by atoms with van der Waals surface area (Å²) in [4.78, 5) is 13.1. The average molecular weight is 690 g/mol. The smallest absolute Gasteiger partial charge is 0.227 e. The predicted octanol–water partition coefficient (Wildman–Crippen LogP) is 12.5. The number of H-pyrrole nitrogens is 2. The van der Waals surface area contributed by atoms with Crippen LogP contribution in [0.5, 0.6) is 5.75 Å². The largest absolute Gasteiger partial charge is 0.460 e. The van der Waals surface area contributed by atoms with Crippen LogP contribution in [0.4, 0.5) is 0 Å². The summed E-state index contributed by atoms with van der Waals surface area (Å²) in [6.45, 7) is 6.73. The molecule has 2 aliphatic heterocycles. The van der Waals surface area contributed by atoms with Crippen molar-refractivity contribution in [1.82, 2.24) is 15.0 Å². The van der Waals surface area contributed by atoms with Crippen LogP contribution in [0, 0.1) is 13.8 Å². The molecule has 0 fully saturated rings. The molecule has 0 radical (unpaired) electrons. The van der Waals surface area contributed by atoms with Gasteiger partial charge in [-0.2, -0.15) is 0 Å². The van der Waals surface area contributed by atoms with Crippen molar-refractivity contribution in [2.75, 3.05) is 6.61 Å². The SMILES string of the molecule is CCOC1Oc2cc1c(-c1ccccc1)c1ccc([nH]1)c(-c1ccc(C)cc1)c1ccc([nH]1)c(-c1ccc(C)cc1)c1nc(c2-c2ccccc2)C=C1. The van der Waals surface area contributed by atoms with Gasteiger partial charge in [0.25, 0.3) is 0 Å². The van der Waals surface area contributed by atoms with E-state index in [1.165, 1.54) is 11.1 Å². The van der Waals surface area contributed by atoms with Crippen LogP contribution in [0.15, 0.2) is 140 Å². The minimum Gasteiger partial charge on any atom is -0.460 e. The van der Waals surface area contributed by atoms with E-state index in [0.717, 1.165) is 83.5 Å². The zero-order valence-corrected chi connectivity index (χ0v) is 30.0. The fourth-order valence-electron chi connectivity index (χ4n) is 7.47. The number of nitrogens with zero attached hydrogens (tertiary/aromatic N) is 1. The molecule has 5 heteroatoms. The molecule has 4 aromatic carbocycles. The van der Waals surface area contributed by atoms with E-state index in [-0.39, 0.29) is 0 Å². The third kappa shape index (κ3) is 6.05. The van der Waals surface area contributed by atoms with Gasteiger partial charge in [0.05, 0.1) is 11.4 Å². The summed E-state index contributed by atoms with van der Waals surface area (Å²) >= 11 is 0. The van der Waals surface area contributed by atoms with Gasteiger partial charge in [0.2, 0.25) is 6.29 Å². The molecule has 0 amide bonds. The molecule has 258 valence electrons. The molecule has 7 aromatic rings. The van der Waals surface area contributed by atoms with Crippen molar-refractivity contribution < 1.29 is 9.47 Å². The number of hydrogen-bond donors (Lipinski definition) is 2. The summed E-state index contributed by atoms with van der Waals surface area (Å²) in [6.07, 6.45) is 3.60. The van der Waals surface area contributed by atoms with E-state index >= 15 is 0 Å². The Morgan fingerprint density at radius 3 is 1.53 bits per heavy atom. The number of benzene rings is 4. The molecule has 0 saturated heterocycles. The fraction of sp³-hybridized carbons (Fsp3) is 0.104. The summed E-state index contributed by atoms with van der Waals surface area (Å²) in [5, 5.41) is 0. The van der Waals surface area contributed by atoms with Crippen molar-refractivity contribution in [3.63, 3.8) is 0 Å². The monoisotopic (exact) mass is 689 g/mol. The molecule has 0 saturated carbocycles. The second kappa shape index (κ2) is 13.6. The molecule has 53 heavy (non-hydrogen) atoms. The lowest BCUT2D eigenvalue weighted by Crippen LogP contribution is -2.08. The number of rotatable bonds is 6. The molecule has 0 aliphatic carbocycles. The molecule has 5 nitrogen and oxygen atoms in total. The standard InChI is InChI=1S/C48H39N3O2/c1-4-52-48-36-29-43(53-48)47(33-13-9-6-10-14-33)42-28-27-41(51-42)46(35-21-17-31(3)18-22-35)40-26-25-39(50-40)45(34-19-15-30(2)16-20-34)38-24-23-37(49-38)44(36)32-11-7-5-8-12-32/h5-29,48-50H,4H2,1-3H3. The van der Waals surface area contributed by atoms with E-state index in [0.29, 0.717) is 12.4 Å². The van der Waals surface area contributed by atoms with Gasteiger partial charge in [-0.1, -0.05) is 120 Å². The Morgan fingerprint density at radius 1 is 0.528 bits per heavy atom. The van der Waals surface area contributed by atoms with Crippen LogP contribution < -0.4 is 4.74 Å². The number of hydrogen-bond acceptors (Lipinski definition) is 3. The quantitative estimate of drug-likeness (QED) is 0.183. The van der Waals surface area contributed by atoms with Crippen molar-refractivity contribution >= 4 is 34.2 Å². The lowest BCUT2D eigenvalue weighted by atomic mass is 9.99. The van der Waals surface area contributed by atoms with Crippen molar-refractivity contribution in [2.24, 2.45) is 0 Å². The van der Waals surface area contributed by atoms with E-state index in [2.05, 4.69) is 163 Å². The van der Waals surface area contributed by atoms with Crippen LogP contribution in [0.2, 0.25) is 0 Å². The molecule has 2 N–H and O–H groups in total. The van der Waals surface area contributed by atoms with Crippen LogP contribution in [0.25, 0.3) is 78.7 Å². The first-order valence-electron chi connectivity index (χ1n) is 18.2. The van der Waals surface area contributed by atoms with Crippen molar-refractivity contribution in [3.05, 3.63) is 168 Å². The molecular weight excluding hydrogens is 651 g/mol. The maximum Gasteiger partial charge on any atom is 0.227 e. The molecule has 1 atom stereocenters. The predicted molar refractivity (Wildman–Crippen MR) is 218 cm³/mol. The summed E-state index contributed by atoms with van der Waals surface area (Å²) in [5.41, 5.74) is 17.3. The number of aromatic amines is 2. The second-order valence-electron chi connectivity index (χ2n) is 13.6. The number of fused-ring (bicyclic) bond motifs is 8. The van der Waals surface area contributed by atoms with Gasteiger partial charge in [-0.3, -0.25) is 0 Å². The maximum absolute atomic E-state index is 6.84. The van der Waals surface area contributed by atoms with Gasteiger partial charge < -0.3 is 19.4 Å². The summed E-state index contributed by atoms with van der Waals surface area (Å²) < 4.78 is 13.2. The zero-order valence-electron chi connectivity index (χ0n) is 30.0. The first-order chi connectivity index (χ1) is 26.0. The highest BCUT2D eigenvalue weighted by atomic mass is 16.7. The maximum atomic E-state index is 6.84. The van der Waals surface area contributed by atoms with Gasteiger partial charge in [0.1, 0.15) is 5.75 Å². The van der Waals surface area contributed by atoms with Crippen LogP contribution >= 0.6 is 0 Å². The summed E-state index contributed by atoms with van der Waals surface area (Å²) in [7, 11) is 0. The van der Waals surface area contributed by atoms with Crippen LogP contribution in [0.3, 0.4) is 0 Å². The molecular formula is C48H39N3O2. The highest BCUT2D eigenvalue weighted by Gasteiger charge is 2.28. The van der Waals surface area contributed by atoms with Crippen LogP contribution in [-0.2, 0) is 4.74 Å². The van der Waals surface area contributed by atoms with E-state index in [9.17, 15) is 0 Å². The van der Waals surface area contributed by atoms with Gasteiger partial charge in [-0.25, -0.2) is 4.98 Å². The van der Waals surface area contributed by atoms with E-state index < -0.39 is 6.29 Å². The molecule has 3 aromatic heterocycles. The molecule has 2 aliphatic rings. The van der Waals surface area contributed by atoms with Gasteiger partial charge in [-0.15, -0.1) is 0 Å². The van der Waals surface area contributed by atoms with Gasteiger partial charge in [-0.05, 0) is 85.5 Å². The molecule has 9 rings (SSSR count). The Balaban J connectivity index is 1.49. The Hall–Kier alpha value is -6.43. The minimum absolute atomic E-state index is 0.488. The number of nitrogens with one attached hydrogen (secondary N) is 2. The van der Waals surface area contributed by atoms with Gasteiger partial charge in [0.15, 0.2) is 0 Å². The minimum atomic E-state index is -0.624. The first kappa shape index (κ1) is 32.5. The Bertz CT molecular complexity index is 2650. The molecule has 8 bridgehead atoms. The highest BCUT2D eigenvalue weighted by molar-refractivity contribution is 5.98. The van der Waals surface area contributed by atoms with E-state index in [1.54, 1.807) is 0 Å². The van der Waals surface area contributed by atoms with Crippen molar-refractivity contribution in [3.8, 4) is 50.3 Å². The van der Waals surface area contributed by atoms with Crippen molar-refractivity contribution in [2.45, 2.75) is 27.1 Å². The highest BCUT2D eigenvalue weighted by Crippen LogP contribution is 2.45. The lowest BCUT2D eigenvalue weighted by Gasteiger charge is -2.16. The van der Waals surface area contributed by atoms with E-state index in [1.807, 2.05) is 19.1 Å². The van der Waals surface area contributed by atoms with Crippen molar-refractivity contribution in [1.29, 1.82) is 0 Å². The number of ether oxygens (including phenoxy) is 2. The van der Waals surface area contributed by atoms with E-state index in [4.69, 9.17) is 14.5 Å². The van der Waals surface area contributed by atoms with Crippen LogP contribution in [0.1, 0.15) is 41.3 Å². The molecule has 0 spiro atoms. The fourth-order valence-corrected chi connectivity index (χ4v) is 7.47. The average Bonchev–Trinajstić information content (AvgIpc) is 4.02. The molecule has 1 unspecified atom stereocenters. The first-order valence-corrected chi connectivity index (χ1v) is 18.2. The number of aromatic nitrogens is 3. The Morgan fingerprint density at radius 2 is 0.981 bits per heavy atom. The second-order valence-corrected chi connectivity index (χ2v) is 13.6. The molecule has 5 heterocycles. The topological polar surface area (TPSA) is 62.9 Å². The summed E-state index contributed by atoms with van der Waals surface area (Å²) in [5.74, 6) is 0.715. The summed E-state index contributed by atoms with van der Waals surface area (Å²) in [6, 6.07) is 49.1. The number of aryl methyl sites for hydroxylation is 2. The Kier molecular flexibility index (Phi) is 8.34. The van der Waals surface area contributed by atoms with Gasteiger partial charge >= 0.3 is 0 Å². The Labute approximate surface area is 309 Å².